The molecule has 0 aliphatic rings. The van der Waals surface area contributed by atoms with Crippen LogP contribution in [0.5, 0.6) is 0 Å². The summed E-state index contributed by atoms with van der Waals surface area (Å²) in [7, 11) is -2.42. The topological polar surface area (TPSA) is 87.6 Å². The number of thiophene rings is 1. The lowest BCUT2D eigenvalue weighted by Gasteiger charge is -2.15. The molecular weight excluding hydrogens is 308 g/mol. The van der Waals surface area contributed by atoms with E-state index in [9.17, 15) is 13.2 Å². The standard InChI is InChI=1S/C10H10N2O4S3/c1-12(4-7-2-3-17-5-7)19(15,16)10-8(9(13)14)11-6-18-10/h2-3,5-6H,4H2,1H3,(H,13,14). The van der Waals surface area contributed by atoms with Gasteiger partial charge < -0.3 is 5.11 Å². The number of carboxylic acids is 1. The van der Waals surface area contributed by atoms with Crippen LogP contribution in [-0.2, 0) is 16.6 Å². The monoisotopic (exact) mass is 318 g/mol. The molecule has 0 spiro atoms. The molecule has 2 aromatic rings. The van der Waals surface area contributed by atoms with Crippen LogP contribution < -0.4 is 0 Å². The maximum atomic E-state index is 12.3. The summed E-state index contributed by atoms with van der Waals surface area (Å²) in [6.07, 6.45) is 0. The van der Waals surface area contributed by atoms with Gasteiger partial charge >= 0.3 is 5.97 Å². The number of thiazole rings is 1. The summed E-state index contributed by atoms with van der Waals surface area (Å²) in [5.41, 5.74) is 1.65. The van der Waals surface area contributed by atoms with Gasteiger partial charge in [0.05, 0.1) is 5.51 Å². The Morgan fingerprint density at radius 2 is 2.26 bits per heavy atom. The molecule has 102 valence electrons. The molecule has 19 heavy (non-hydrogen) atoms. The van der Waals surface area contributed by atoms with Crippen molar-refractivity contribution in [3.63, 3.8) is 0 Å². The molecule has 0 saturated carbocycles. The number of hydrogen-bond acceptors (Lipinski definition) is 6. The Kier molecular flexibility index (Phi) is 3.99. The second kappa shape index (κ2) is 5.37. The van der Waals surface area contributed by atoms with E-state index in [2.05, 4.69) is 4.98 Å². The van der Waals surface area contributed by atoms with E-state index in [1.807, 2.05) is 16.8 Å². The number of hydrogen-bond donors (Lipinski definition) is 1. The second-order valence-corrected chi connectivity index (χ2v) is 7.56. The van der Waals surface area contributed by atoms with Gasteiger partial charge in [0.2, 0.25) is 0 Å². The first-order valence-corrected chi connectivity index (χ1v) is 8.33. The lowest BCUT2D eigenvalue weighted by atomic mass is 10.3. The third-order valence-electron chi connectivity index (χ3n) is 2.37. The van der Waals surface area contributed by atoms with E-state index in [0.717, 1.165) is 21.2 Å². The number of carbonyl (C=O) groups is 1. The normalized spacial score (nSPS) is 11.9. The predicted molar refractivity (Wildman–Crippen MR) is 72.0 cm³/mol. The van der Waals surface area contributed by atoms with E-state index in [1.165, 1.54) is 23.9 Å². The van der Waals surface area contributed by atoms with Crippen molar-refractivity contribution >= 4 is 38.7 Å². The fourth-order valence-corrected chi connectivity index (χ4v) is 4.58. The second-order valence-electron chi connectivity index (χ2n) is 3.69. The van der Waals surface area contributed by atoms with Gasteiger partial charge in [-0.3, -0.25) is 0 Å². The van der Waals surface area contributed by atoms with Crippen molar-refractivity contribution in [3.05, 3.63) is 33.6 Å². The number of rotatable bonds is 5. The molecule has 0 saturated heterocycles. The maximum absolute atomic E-state index is 12.3. The summed E-state index contributed by atoms with van der Waals surface area (Å²) in [5, 5.41) is 12.6. The summed E-state index contributed by atoms with van der Waals surface area (Å²) in [6.45, 7) is 0.197. The van der Waals surface area contributed by atoms with Crippen LogP contribution in [0.25, 0.3) is 0 Å². The molecule has 2 rings (SSSR count). The lowest BCUT2D eigenvalue weighted by molar-refractivity contribution is 0.0687. The zero-order valence-electron chi connectivity index (χ0n) is 9.81. The molecule has 2 aromatic heterocycles. The van der Waals surface area contributed by atoms with Crippen molar-refractivity contribution in [3.8, 4) is 0 Å². The molecular formula is C10H10N2O4S3. The van der Waals surface area contributed by atoms with Crippen LogP contribution in [0.15, 0.2) is 26.5 Å². The largest absolute Gasteiger partial charge is 0.476 e. The van der Waals surface area contributed by atoms with Gasteiger partial charge in [-0.2, -0.15) is 15.6 Å². The fourth-order valence-electron chi connectivity index (χ4n) is 1.43. The van der Waals surface area contributed by atoms with E-state index in [1.54, 1.807) is 0 Å². The van der Waals surface area contributed by atoms with E-state index >= 15 is 0 Å². The van der Waals surface area contributed by atoms with Crippen LogP contribution in [0.3, 0.4) is 0 Å². The van der Waals surface area contributed by atoms with Gasteiger partial charge in [-0.15, -0.1) is 11.3 Å². The number of nitrogens with zero attached hydrogens (tertiary/aromatic N) is 2. The first kappa shape index (κ1) is 14.1. The fraction of sp³-hybridized carbons (Fsp3) is 0.200. The molecule has 0 amide bonds. The van der Waals surface area contributed by atoms with Crippen LogP contribution in [0.1, 0.15) is 16.1 Å². The van der Waals surface area contributed by atoms with Crippen molar-refractivity contribution < 1.29 is 18.3 Å². The van der Waals surface area contributed by atoms with Gasteiger partial charge in [0.15, 0.2) is 9.90 Å². The van der Waals surface area contributed by atoms with Crippen molar-refractivity contribution in [1.29, 1.82) is 0 Å². The molecule has 6 nitrogen and oxygen atoms in total. The SMILES string of the molecule is CN(Cc1ccsc1)S(=O)(=O)c1scnc1C(=O)O. The van der Waals surface area contributed by atoms with E-state index in [-0.39, 0.29) is 10.8 Å². The Morgan fingerprint density at radius 1 is 1.53 bits per heavy atom. The minimum Gasteiger partial charge on any atom is -0.476 e. The van der Waals surface area contributed by atoms with E-state index in [4.69, 9.17) is 5.11 Å². The van der Waals surface area contributed by atoms with Crippen molar-refractivity contribution in [2.45, 2.75) is 10.8 Å². The smallest absolute Gasteiger partial charge is 0.356 e. The molecule has 0 unspecified atom stereocenters. The Balaban J connectivity index is 2.31. The summed E-state index contributed by atoms with van der Waals surface area (Å²) in [4.78, 5) is 14.5. The molecule has 0 aromatic carbocycles. The van der Waals surface area contributed by atoms with E-state index < -0.39 is 21.7 Å². The van der Waals surface area contributed by atoms with Crippen LogP contribution in [0.2, 0.25) is 0 Å². The highest BCUT2D eigenvalue weighted by molar-refractivity contribution is 7.91. The Bertz CT molecular complexity index is 675. The summed E-state index contributed by atoms with van der Waals surface area (Å²) >= 11 is 2.28. The van der Waals surface area contributed by atoms with E-state index in [0.29, 0.717) is 0 Å². The minimum absolute atomic E-state index is 0.197. The van der Waals surface area contributed by atoms with Crippen LogP contribution in [-0.4, -0.2) is 35.8 Å². The Labute approximate surface area is 118 Å². The van der Waals surface area contributed by atoms with Crippen LogP contribution >= 0.6 is 22.7 Å². The third kappa shape index (κ3) is 2.84. The predicted octanol–water partition coefficient (Wildman–Crippen LogP) is 1.72. The quantitative estimate of drug-likeness (QED) is 0.907. The van der Waals surface area contributed by atoms with Gasteiger partial charge in [0.1, 0.15) is 0 Å². The summed E-state index contributed by atoms with van der Waals surface area (Å²) < 4.78 is 25.4. The molecule has 0 radical (unpaired) electrons. The van der Waals surface area contributed by atoms with Gasteiger partial charge in [-0.1, -0.05) is 0 Å². The minimum atomic E-state index is -3.83. The average Bonchev–Trinajstić information content (AvgIpc) is 2.98. The highest BCUT2D eigenvalue weighted by atomic mass is 32.2. The van der Waals surface area contributed by atoms with Crippen LogP contribution in [0.4, 0.5) is 0 Å². The summed E-state index contributed by atoms with van der Waals surface area (Å²) in [6, 6.07) is 1.82. The zero-order chi connectivity index (χ0) is 14.0. The first-order chi connectivity index (χ1) is 8.93. The number of sulfonamides is 1. The van der Waals surface area contributed by atoms with Crippen molar-refractivity contribution in [2.24, 2.45) is 0 Å². The summed E-state index contributed by atoms with van der Waals surface area (Å²) in [5.74, 6) is -1.34. The van der Waals surface area contributed by atoms with Gasteiger partial charge in [-0.05, 0) is 22.4 Å². The molecule has 9 heteroatoms. The number of carboxylic acid groups (broad SMARTS) is 1. The highest BCUT2D eigenvalue weighted by Gasteiger charge is 2.29. The Morgan fingerprint density at radius 3 is 2.84 bits per heavy atom. The molecule has 0 aliphatic carbocycles. The molecule has 0 bridgehead atoms. The third-order valence-corrected chi connectivity index (χ3v) is 6.25. The van der Waals surface area contributed by atoms with Crippen LogP contribution in [0, 0.1) is 0 Å². The molecule has 0 aliphatic heterocycles. The van der Waals surface area contributed by atoms with Crippen molar-refractivity contribution in [2.75, 3.05) is 7.05 Å². The zero-order valence-corrected chi connectivity index (χ0v) is 12.3. The molecule has 0 atom stereocenters. The number of aromatic carboxylic acids is 1. The number of aromatic nitrogens is 1. The molecule has 2 heterocycles. The lowest BCUT2D eigenvalue weighted by Crippen LogP contribution is -2.27. The van der Waals surface area contributed by atoms with Crippen molar-refractivity contribution in [1.82, 2.24) is 9.29 Å². The average molecular weight is 318 g/mol. The van der Waals surface area contributed by atoms with Gasteiger partial charge in [0, 0.05) is 13.6 Å². The highest BCUT2D eigenvalue weighted by Crippen LogP contribution is 2.24. The van der Waals surface area contributed by atoms with Gasteiger partial charge in [0.25, 0.3) is 10.0 Å². The maximum Gasteiger partial charge on any atom is 0.356 e. The van der Waals surface area contributed by atoms with Gasteiger partial charge in [-0.25, -0.2) is 18.2 Å². The Hall–Kier alpha value is -1.29. The molecule has 1 N–H and O–H groups in total. The first-order valence-electron chi connectivity index (χ1n) is 5.07. The molecule has 0 fully saturated rings.